The molecule has 0 spiro atoms. The normalized spacial score (nSPS) is 14.7. The van der Waals surface area contributed by atoms with Gasteiger partial charge in [-0.3, -0.25) is 4.79 Å². The summed E-state index contributed by atoms with van der Waals surface area (Å²) in [4.78, 5) is 26.1. The average molecular weight is 482 g/mol. The standard InChI is InChI=1S/C26H28FN3O5/c1-33-21-8-7-9-22(34-2)23(21)20-16-19(29-30(20)18-12-10-17(27)11-13-18)24(31)28-26(25(32)35-3)14-5-4-6-15-26/h7-13,16H,4-6,14-15H2,1-3H3,(H,28,31). The number of benzene rings is 2. The number of ether oxygens (including phenoxy) is 3. The first kappa shape index (κ1) is 24.3. The number of rotatable bonds is 7. The maximum absolute atomic E-state index is 13.6. The van der Waals surface area contributed by atoms with Crippen LogP contribution < -0.4 is 14.8 Å². The van der Waals surface area contributed by atoms with E-state index in [1.807, 2.05) is 0 Å². The molecule has 1 aliphatic carbocycles. The van der Waals surface area contributed by atoms with Crippen molar-refractivity contribution >= 4 is 11.9 Å². The van der Waals surface area contributed by atoms with Gasteiger partial charge in [0.15, 0.2) is 5.69 Å². The minimum atomic E-state index is -1.09. The number of hydrogen-bond acceptors (Lipinski definition) is 6. The van der Waals surface area contributed by atoms with Gasteiger partial charge in [0.2, 0.25) is 0 Å². The number of carbonyl (C=O) groups is 2. The Morgan fingerprint density at radius 2 is 1.60 bits per heavy atom. The molecule has 0 atom stereocenters. The Hall–Kier alpha value is -3.88. The number of nitrogens with zero attached hydrogens (tertiary/aromatic N) is 2. The summed E-state index contributed by atoms with van der Waals surface area (Å²) < 4.78 is 31.3. The van der Waals surface area contributed by atoms with Crippen LogP contribution >= 0.6 is 0 Å². The van der Waals surface area contributed by atoms with Gasteiger partial charge in [-0.05, 0) is 55.3 Å². The van der Waals surface area contributed by atoms with E-state index in [2.05, 4.69) is 10.4 Å². The second-order valence-electron chi connectivity index (χ2n) is 8.43. The zero-order chi connectivity index (χ0) is 25.0. The molecule has 8 nitrogen and oxygen atoms in total. The topological polar surface area (TPSA) is 91.7 Å². The van der Waals surface area contributed by atoms with Crippen molar-refractivity contribution in [3.8, 4) is 28.4 Å². The Morgan fingerprint density at radius 1 is 0.971 bits per heavy atom. The molecule has 1 N–H and O–H groups in total. The fraction of sp³-hybridized carbons (Fsp3) is 0.346. The smallest absolute Gasteiger partial charge is 0.331 e. The second-order valence-corrected chi connectivity index (χ2v) is 8.43. The molecule has 9 heteroatoms. The van der Waals surface area contributed by atoms with E-state index < -0.39 is 23.2 Å². The predicted octanol–water partition coefficient (Wildman–Crippen LogP) is 4.30. The van der Waals surface area contributed by atoms with Crippen LogP contribution in [0, 0.1) is 5.82 Å². The molecule has 1 aromatic heterocycles. The SMILES string of the molecule is COC(=O)C1(NC(=O)c2cc(-c3c(OC)cccc3OC)n(-c3ccc(F)cc3)n2)CCCCC1. The number of aromatic nitrogens is 2. The molecular weight excluding hydrogens is 453 g/mol. The number of amides is 1. The van der Waals surface area contributed by atoms with Crippen LogP contribution in [0.25, 0.3) is 16.9 Å². The summed E-state index contributed by atoms with van der Waals surface area (Å²) >= 11 is 0. The first-order valence-corrected chi connectivity index (χ1v) is 11.4. The number of hydrogen-bond donors (Lipinski definition) is 1. The third-order valence-corrected chi connectivity index (χ3v) is 6.33. The Bertz CT molecular complexity index is 1190. The lowest BCUT2D eigenvalue weighted by molar-refractivity contribution is -0.149. The van der Waals surface area contributed by atoms with Gasteiger partial charge in [-0.2, -0.15) is 5.10 Å². The van der Waals surface area contributed by atoms with Gasteiger partial charge in [0.25, 0.3) is 5.91 Å². The van der Waals surface area contributed by atoms with Gasteiger partial charge in [0.1, 0.15) is 22.9 Å². The zero-order valence-electron chi connectivity index (χ0n) is 20.0. The third-order valence-electron chi connectivity index (χ3n) is 6.33. The van der Waals surface area contributed by atoms with Crippen molar-refractivity contribution in [1.82, 2.24) is 15.1 Å². The van der Waals surface area contributed by atoms with Crippen molar-refractivity contribution in [2.24, 2.45) is 0 Å². The highest BCUT2D eigenvalue weighted by molar-refractivity contribution is 5.98. The predicted molar refractivity (Wildman–Crippen MR) is 127 cm³/mol. The molecule has 0 unspecified atom stereocenters. The first-order chi connectivity index (χ1) is 16.9. The zero-order valence-corrected chi connectivity index (χ0v) is 20.0. The largest absolute Gasteiger partial charge is 0.496 e. The van der Waals surface area contributed by atoms with Gasteiger partial charge < -0.3 is 19.5 Å². The Labute approximate surface area is 203 Å². The highest BCUT2D eigenvalue weighted by Crippen LogP contribution is 2.39. The van der Waals surface area contributed by atoms with Crippen molar-refractivity contribution < 1.29 is 28.2 Å². The molecule has 184 valence electrons. The van der Waals surface area contributed by atoms with E-state index in [1.54, 1.807) is 36.4 Å². The molecule has 1 amide bonds. The third kappa shape index (κ3) is 4.71. The van der Waals surface area contributed by atoms with Crippen LogP contribution in [0.3, 0.4) is 0 Å². The van der Waals surface area contributed by atoms with Crippen LogP contribution in [0.1, 0.15) is 42.6 Å². The molecule has 0 radical (unpaired) electrons. The van der Waals surface area contributed by atoms with E-state index in [0.717, 1.165) is 19.3 Å². The lowest BCUT2D eigenvalue weighted by atomic mass is 9.81. The van der Waals surface area contributed by atoms with E-state index in [1.165, 1.54) is 38.1 Å². The van der Waals surface area contributed by atoms with Crippen LogP contribution in [0.15, 0.2) is 48.5 Å². The van der Waals surface area contributed by atoms with Crippen molar-refractivity contribution in [1.29, 1.82) is 0 Å². The number of nitrogens with one attached hydrogen (secondary N) is 1. The Morgan fingerprint density at radius 3 is 2.17 bits per heavy atom. The first-order valence-electron chi connectivity index (χ1n) is 11.4. The van der Waals surface area contributed by atoms with Crippen LogP contribution in [0.2, 0.25) is 0 Å². The molecular formula is C26H28FN3O5. The minimum Gasteiger partial charge on any atom is -0.496 e. The van der Waals surface area contributed by atoms with Crippen LogP contribution in [0.5, 0.6) is 11.5 Å². The number of halogens is 1. The molecule has 35 heavy (non-hydrogen) atoms. The molecule has 0 aliphatic heterocycles. The number of esters is 1. The fourth-order valence-corrected chi connectivity index (χ4v) is 4.57. The van der Waals surface area contributed by atoms with Crippen molar-refractivity contribution in [3.63, 3.8) is 0 Å². The van der Waals surface area contributed by atoms with Gasteiger partial charge in [-0.15, -0.1) is 0 Å². The van der Waals surface area contributed by atoms with Crippen LogP contribution in [-0.4, -0.2) is 48.5 Å². The summed E-state index contributed by atoms with van der Waals surface area (Å²) in [6, 6.07) is 12.7. The van der Waals surface area contributed by atoms with Crippen molar-refractivity contribution in [2.75, 3.05) is 21.3 Å². The highest BCUT2D eigenvalue weighted by Gasteiger charge is 2.42. The quantitative estimate of drug-likeness (QED) is 0.506. The molecule has 3 aromatic rings. The van der Waals surface area contributed by atoms with E-state index in [4.69, 9.17) is 14.2 Å². The molecule has 1 fully saturated rings. The summed E-state index contributed by atoms with van der Waals surface area (Å²) in [5, 5.41) is 7.44. The molecule has 0 saturated heterocycles. The van der Waals surface area contributed by atoms with Crippen molar-refractivity contribution in [3.05, 3.63) is 60.0 Å². The molecule has 1 heterocycles. The van der Waals surface area contributed by atoms with Gasteiger partial charge >= 0.3 is 5.97 Å². The summed E-state index contributed by atoms with van der Waals surface area (Å²) in [5.74, 6) is -0.341. The van der Waals surface area contributed by atoms with E-state index in [9.17, 15) is 14.0 Å². The average Bonchev–Trinajstić information content (AvgIpc) is 3.33. The van der Waals surface area contributed by atoms with Crippen LogP contribution in [-0.2, 0) is 9.53 Å². The Balaban J connectivity index is 1.82. The van der Waals surface area contributed by atoms with E-state index in [-0.39, 0.29) is 5.69 Å². The van der Waals surface area contributed by atoms with Crippen LogP contribution in [0.4, 0.5) is 4.39 Å². The molecule has 1 saturated carbocycles. The summed E-state index contributed by atoms with van der Waals surface area (Å²) in [6.45, 7) is 0. The maximum Gasteiger partial charge on any atom is 0.331 e. The number of methoxy groups -OCH3 is 3. The lowest BCUT2D eigenvalue weighted by Gasteiger charge is -2.34. The van der Waals surface area contributed by atoms with Gasteiger partial charge in [-0.25, -0.2) is 13.9 Å². The summed E-state index contributed by atoms with van der Waals surface area (Å²) in [6.07, 6.45) is 3.60. The second kappa shape index (κ2) is 10.2. The minimum absolute atomic E-state index is 0.0890. The molecule has 0 bridgehead atoms. The highest BCUT2D eigenvalue weighted by atomic mass is 19.1. The monoisotopic (exact) mass is 481 g/mol. The lowest BCUT2D eigenvalue weighted by Crippen LogP contribution is -2.56. The number of carbonyl (C=O) groups excluding carboxylic acids is 2. The molecule has 4 rings (SSSR count). The molecule has 1 aliphatic rings. The van der Waals surface area contributed by atoms with E-state index in [0.29, 0.717) is 41.3 Å². The summed E-state index contributed by atoms with van der Waals surface area (Å²) in [7, 11) is 4.39. The summed E-state index contributed by atoms with van der Waals surface area (Å²) in [5.41, 5.74) is 0.617. The maximum atomic E-state index is 13.6. The van der Waals surface area contributed by atoms with Crippen molar-refractivity contribution in [2.45, 2.75) is 37.6 Å². The van der Waals surface area contributed by atoms with Gasteiger partial charge in [-0.1, -0.05) is 25.3 Å². The molecule has 2 aromatic carbocycles. The van der Waals surface area contributed by atoms with Gasteiger partial charge in [0, 0.05) is 0 Å². The van der Waals surface area contributed by atoms with Gasteiger partial charge in [0.05, 0.1) is 38.3 Å². The Kier molecular flexibility index (Phi) is 7.04. The fourth-order valence-electron chi connectivity index (χ4n) is 4.57. The van der Waals surface area contributed by atoms with E-state index >= 15 is 0 Å².